The van der Waals surface area contributed by atoms with Gasteiger partial charge in [0.15, 0.2) is 0 Å². The van der Waals surface area contributed by atoms with E-state index in [0.29, 0.717) is 47.0 Å². The molecule has 0 saturated carbocycles. The Balaban J connectivity index is 1.71. The van der Waals surface area contributed by atoms with Crippen molar-refractivity contribution in [1.82, 2.24) is 0 Å². The maximum atomic E-state index is 13.7. The van der Waals surface area contributed by atoms with Gasteiger partial charge in [-0.1, -0.05) is 12.6 Å². The van der Waals surface area contributed by atoms with Gasteiger partial charge in [-0.3, -0.25) is 0 Å². The van der Waals surface area contributed by atoms with Crippen LogP contribution < -0.4 is 5.73 Å². The van der Waals surface area contributed by atoms with Gasteiger partial charge in [0, 0.05) is 44.1 Å². The number of nitriles is 3. The second-order valence-electron chi connectivity index (χ2n) is 9.73. The summed E-state index contributed by atoms with van der Waals surface area (Å²) in [5.74, 6) is 0. The van der Waals surface area contributed by atoms with Crippen molar-refractivity contribution in [3.05, 3.63) is 85.2 Å². The van der Waals surface area contributed by atoms with Gasteiger partial charge in [0.2, 0.25) is 0 Å². The molecule has 0 saturated heterocycles. The predicted molar refractivity (Wildman–Crippen MR) is 148 cm³/mol. The minimum Gasteiger partial charge on any atom is -0.326 e. The average Bonchev–Trinajstić information content (AvgIpc) is 3.64. The number of fused-ring (bicyclic) bond motifs is 8. The first-order chi connectivity index (χ1) is 19.8. The number of hydrogen-bond acceptors (Lipinski definition) is 6. The van der Waals surface area contributed by atoms with Crippen molar-refractivity contribution in [2.45, 2.75) is 25.2 Å². The summed E-state index contributed by atoms with van der Waals surface area (Å²) in [5.41, 5.74) is 7.12. The Labute approximate surface area is 242 Å². The fraction of sp³-hybridized carbons (Fsp3) is 0.167. The van der Waals surface area contributed by atoms with E-state index in [0.717, 1.165) is 18.2 Å². The van der Waals surface area contributed by atoms with E-state index in [1.54, 1.807) is 12.1 Å². The van der Waals surface area contributed by atoms with Crippen molar-refractivity contribution < 1.29 is 26.3 Å². The number of allylic oxidation sites excluding steroid dienone is 6. The molecular weight excluding hydrogens is 594 g/mol. The SMILES string of the molecule is C=C(CN)/C(C#N)=C1\C2=C(CCC(C(F)(F)F)=C2)c2c1sc1c3c(sc21)C(=C(C#N)C#N)c1cc(C(F)(F)F)ccc1-3. The molecule has 2 heterocycles. The molecule has 2 N–H and O–H groups in total. The molecule has 3 aliphatic carbocycles. The summed E-state index contributed by atoms with van der Waals surface area (Å²) in [5, 5.41) is 29.4. The first kappa shape index (κ1) is 27.7. The highest BCUT2D eigenvalue weighted by Gasteiger charge is 2.43. The van der Waals surface area contributed by atoms with Crippen LogP contribution in [0.3, 0.4) is 0 Å². The zero-order valence-electron chi connectivity index (χ0n) is 21.1. The van der Waals surface area contributed by atoms with Gasteiger partial charge in [-0.25, -0.2) is 0 Å². The van der Waals surface area contributed by atoms with E-state index in [1.807, 2.05) is 0 Å². The molecule has 3 aromatic rings. The molecule has 3 aliphatic rings. The van der Waals surface area contributed by atoms with Crippen LogP contribution in [0.5, 0.6) is 0 Å². The number of hydrogen-bond donors (Lipinski definition) is 1. The molecule has 0 radical (unpaired) electrons. The molecule has 0 fully saturated rings. The smallest absolute Gasteiger partial charge is 0.326 e. The molecule has 42 heavy (non-hydrogen) atoms. The summed E-state index contributed by atoms with van der Waals surface area (Å²) >= 11 is 2.38. The maximum Gasteiger partial charge on any atom is 0.416 e. The van der Waals surface area contributed by atoms with Crippen molar-refractivity contribution in [3.8, 4) is 29.3 Å². The summed E-state index contributed by atoms with van der Waals surface area (Å²) in [7, 11) is 0. The summed E-state index contributed by atoms with van der Waals surface area (Å²) in [4.78, 5) is 1.00. The van der Waals surface area contributed by atoms with Crippen LogP contribution in [-0.4, -0.2) is 12.7 Å². The van der Waals surface area contributed by atoms with Gasteiger partial charge in [0.1, 0.15) is 23.8 Å². The molecular formula is C30H14F6N4S2. The van der Waals surface area contributed by atoms with Gasteiger partial charge in [-0.05, 0) is 58.9 Å². The average molecular weight is 609 g/mol. The Morgan fingerprint density at radius 1 is 0.857 bits per heavy atom. The lowest BCUT2D eigenvalue weighted by Crippen LogP contribution is -2.14. The maximum absolute atomic E-state index is 13.7. The monoisotopic (exact) mass is 608 g/mol. The van der Waals surface area contributed by atoms with Crippen LogP contribution in [0.4, 0.5) is 26.3 Å². The van der Waals surface area contributed by atoms with Crippen LogP contribution in [0.1, 0.15) is 39.3 Å². The third-order valence-electron chi connectivity index (χ3n) is 7.52. The van der Waals surface area contributed by atoms with Crippen LogP contribution in [0.15, 0.2) is 58.7 Å². The normalized spacial score (nSPS) is 16.7. The lowest BCUT2D eigenvalue weighted by atomic mass is 9.89. The summed E-state index contributed by atoms with van der Waals surface area (Å²) in [6.07, 6.45) is -8.35. The van der Waals surface area contributed by atoms with Gasteiger partial charge < -0.3 is 5.73 Å². The molecule has 2 aromatic heterocycles. The van der Waals surface area contributed by atoms with E-state index in [2.05, 4.69) is 12.6 Å². The van der Waals surface area contributed by atoms with Crippen molar-refractivity contribution in [3.63, 3.8) is 0 Å². The van der Waals surface area contributed by atoms with Gasteiger partial charge >= 0.3 is 12.4 Å². The number of nitrogens with zero attached hydrogens (tertiary/aromatic N) is 3. The molecule has 0 unspecified atom stereocenters. The predicted octanol–water partition coefficient (Wildman–Crippen LogP) is 8.65. The largest absolute Gasteiger partial charge is 0.416 e. The minimum atomic E-state index is -4.65. The fourth-order valence-corrected chi connectivity index (χ4v) is 8.76. The number of halogens is 6. The van der Waals surface area contributed by atoms with Gasteiger partial charge in [-0.2, -0.15) is 42.1 Å². The molecule has 0 bridgehead atoms. The van der Waals surface area contributed by atoms with Crippen LogP contribution in [0, 0.1) is 34.0 Å². The molecule has 0 amide bonds. The molecule has 0 spiro atoms. The summed E-state index contributed by atoms with van der Waals surface area (Å²) < 4.78 is 83.4. The third kappa shape index (κ3) is 3.82. The standard InChI is InChI=1S/C30H14F6N4S2/c1-12(8-37)20(11-40)22-19-7-15(30(34,35)36)3-5-17(19)24-26(22)42-27-23-16-4-2-14(29(31,32)33)6-18(16)21(13(9-38)10-39)25(23)41-28(24)27/h2,4,6-7H,1,3,5,8,37H2/b22-20+. The molecule has 0 atom stereocenters. The highest BCUT2D eigenvalue weighted by molar-refractivity contribution is 7.30. The van der Waals surface area contributed by atoms with Crippen LogP contribution in [0.2, 0.25) is 0 Å². The Bertz CT molecular complexity index is 2020. The number of thiophene rings is 2. The van der Waals surface area contributed by atoms with Crippen molar-refractivity contribution >= 4 is 48.8 Å². The first-order valence-corrected chi connectivity index (χ1v) is 13.9. The third-order valence-corrected chi connectivity index (χ3v) is 10.1. The van der Waals surface area contributed by atoms with Crippen molar-refractivity contribution in [2.75, 3.05) is 6.54 Å². The number of rotatable bonds is 2. The van der Waals surface area contributed by atoms with Gasteiger partial charge in [0.05, 0.1) is 20.5 Å². The fourth-order valence-electron chi connectivity index (χ4n) is 5.68. The summed E-state index contributed by atoms with van der Waals surface area (Å²) in [6.45, 7) is 3.76. The van der Waals surface area contributed by atoms with E-state index in [4.69, 9.17) is 5.73 Å². The van der Waals surface area contributed by atoms with Crippen molar-refractivity contribution in [2.24, 2.45) is 5.73 Å². The first-order valence-electron chi connectivity index (χ1n) is 12.3. The molecule has 1 aromatic carbocycles. The van der Waals surface area contributed by atoms with E-state index < -0.39 is 23.5 Å². The molecule has 0 aliphatic heterocycles. The second kappa shape index (κ2) is 9.30. The van der Waals surface area contributed by atoms with Crippen molar-refractivity contribution in [1.29, 1.82) is 15.8 Å². The Kier molecular flexibility index (Phi) is 6.14. The molecule has 4 nitrogen and oxygen atoms in total. The Morgan fingerprint density at radius 2 is 1.50 bits per heavy atom. The zero-order chi connectivity index (χ0) is 30.3. The van der Waals surface area contributed by atoms with E-state index >= 15 is 0 Å². The van der Waals surface area contributed by atoms with Crippen LogP contribution in [-0.2, 0) is 6.18 Å². The Hall–Kier alpha value is -4.41. The molecule has 208 valence electrons. The van der Waals surface area contributed by atoms with E-state index in [9.17, 15) is 42.1 Å². The van der Waals surface area contributed by atoms with Crippen LogP contribution >= 0.6 is 22.7 Å². The zero-order valence-corrected chi connectivity index (χ0v) is 22.8. The van der Waals surface area contributed by atoms with E-state index in [-0.39, 0.29) is 52.8 Å². The lowest BCUT2D eigenvalue weighted by molar-refractivity contribution is -0.137. The quantitative estimate of drug-likeness (QED) is 0.182. The lowest BCUT2D eigenvalue weighted by Gasteiger charge is -2.19. The minimum absolute atomic E-state index is 0.0508. The van der Waals surface area contributed by atoms with Crippen LogP contribution in [0.25, 0.3) is 37.2 Å². The highest BCUT2D eigenvalue weighted by Crippen LogP contribution is 2.62. The second-order valence-corrected chi connectivity index (χ2v) is 11.8. The summed E-state index contributed by atoms with van der Waals surface area (Å²) in [6, 6.07) is 8.82. The number of nitrogens with two attached hydrogens (primary N) is 1. The highest BCUT2D eigenvalue weighted by atomic mass is 32.1. The van der Waals surface area contributed by atoms with Gasteiger partial charge in [-0.15, -0.1) is 22.7 Å². The molecule has 6 rings (SSSR count). The number of alkyl halides is 6. The molecule has 12 heteroatoms. The number of benzene rings is 1. The topological polar surface area (TPSA) is 97.4 Å². The van der Waals surface area contributed by atoms with Gasteiger partial charge in [0.25, 0.3) is 0 Å². The van der Waals surface area contributed by atoms with E-state index in [1.165, 1.54) is 28.7 Å². The Morgan fingerprint density at radius 3 is 2.07 bits per heavy atom.